The molecule has 0 spiro atoms. The monoisotopic (exact) mass is 616 g/mol. The average molecular weight is 617 g/mol. The fraction of sp³-hybridized carbons (Fsp3) is 0.118. The van der Waals surface area contributed by atoms with E-state index in [2.05, 4.69) is 15.7 Å². The third-order valence-electron chi connectivity index (χ3n) is 7.98. The number of aromatic nitrogens is 2. The van der Waals surface area contributed by atoms with Crippen LogP contribution in [0, 0.1) is 23.0 Å². The van der Waals surface area contributed by atoms with Gasteiger partial charge in [-0.25, -0.2) is 0 Å². The van der Waals surface area contributed by atoms with E-state index in [4.69, 9.17) is 4.99 Å². The van der Waals surface area contributed by atoms with Crippen LogP contribution in [0.25, 0.3) is 39.0 Å². The number of aromatic hydroxyl groups is 1. The van der Waals surface area contributed by atoms with Crippen molar-refractivity contribution in [2.75, 3.05) is 0 Å². The minimum atomic E-state index is -0.428. The lowest BCUT2D eigenvalue weighted by atomic mass is 9.93. The van der Waals surface area contributed by atoms with Crippen LogP contribution < -0.4 is 0 Å². The Morgan fingerprint density at radius 2 is 1.95 bits per heavy atom. The van der Waals surface area contributed by atoms with Gasteiger partial charge in [-0.2, -0.15) is 8.75 Å². The second-order valence-electron chi connectivity index (χ2n) is 10.8. The van der Waals surface area contributed by atoms with Gasteiger partial charge in [0.05, 0.1) is 27.2 Å². The molecule has 2 heterocycles. The van der Waals surface area contributed by atoms with Crippen LogP contribution in [0.3, 0.4) is 0 Å². The number of aliphatic imine (C=N–C) groups is 1. The highest BCUT2D eigenvalue weighted by molar-refractivity contribution is 8.08. The van der Waals surface area contributed by atoms with Crippen molar-refractivity contribution < 1.29 is 14.8 Å². The van der Waals surface area contributed by atoms with Gasteiger partial charge in [0.1, 0.15) is 16.8 Å². The number of benzene rings is 4. The number of ketones is 1. The Bertz CT molecular complexity index is 2180. The Morgan fingerprint density at radius 3 is 2.77 bits per heavy atom. The molecule has 1 aliphatic heterocycles. The fourth-order valence-corrected chi connectivity index (χ4v) is 7.38. The van der Waals surface area contributed by atoms with Crippen LogP contribution in [0.5, 0.6) is 5.75 Å². The highest BCUT2D eigenvalue weighted by Gasteiger charge is 2.32. The van der Waals surface area contributed by atoms with Crippen LogP contribution in [0.15, 0.2) is 93.2 Å². The summed E-state index contributed by atoms with van der Waals surface area (Å²) in [5.41, 5.74) is 6.53. The second kappa shape index (κ2) is 11.0. The van der Waals surface area contributed by atoms with E-state index in [0.29, 0.717) is 32.8 Å². The number of nitro benzene ring substituents is 1. The van der Waals surface area contributed by atoms with Crippen LogP contribution >= 0.6 is 23.5 Å². The first kappa shape index (κ1) is 27.9. The molecule has 1 aliphatic carbocycles. The van der Waals surface area contributed by atoms with Crippen molar-refractivity contribution in [3.8, 4) is 16.9 Å². The maximum Gasteiger partial charge on any atom is 0.270 e. The molecule has 1 unspecified atom stereocenters. The predicted molar refractivity (Wildman–Crippen MR) is 178 cm³/mol. The lowest BCUT2D eigenvalue weighted by molar-refractivity contribution is -0.384. The number of nitro groups is 1. The summed E-state index contributed by atoms with van der Waals surface area (Å²) < 4.78 is 8.69. The molecule has 216 valence electrons. The lowest BCUT2D eigenvalue weighted by Crippen LogP contribution is -2.03. The number of carbonyl (C=O) groups excluding carboxylic acids is 1. The Hall–Kier alpha value is -4.93. The Morgan fingerprint density at radius 1 is 1.09 bits per heavy atom. The van der Waals surface area contributed by atoms with Gasteiger partial charge in [0.2, 0.25) is 5.78 Å². The first-order valence-corrected chi connectivity index (χ1v) is 15.5. The lowest BCUT2D eigenvalue weighted by Gasteiger charge is -2.13. The molecule has 44 heavy (non-hydrogen) atoms. The molecule has 0 saturated carbocycles. The van der Waals surface area contributed by atoms with Crippen LogP contribution in [0.1, 0.15) is 30.0 Å². The summed E-state index contributed by atoms with van der Waals surface area (Å²) in [6.45, 7) is 4.06. The first-order valence-electron chi connectivity index (χ1n) is 13.9. The van der Waals surface area contributed by atoms with E-state index in [9.17, 15) is 20.0 Å². The van der Waals surface area contributed by atoms with Crippen LogP contribution in [-0.2, 0) is 4.79 Å². The molecule has 0 saturated heterocycles. The summed E-state index contributed by atoms with van der Waals surface area (Å²) in [6.07, 6.45) is 8.20. The Labute approximate surface area is 260 Å². The molecule has 10 heteroatoms. The summed E-state index contributed by atoms with van der Waals surface area (Å²) in [6, 6.07) is 17.8. The number of thioether (sulfide) groups is 1. The third-order valence-corrected chi connectivity index (χ3v) is 9.89. The van der Waals surface area contributed by atoms with Gasteiger partial charge in [-0.1, -0.05) is 55.1 Å². The maximum absolute atomic E-state index is 13.3. The molecule has 0 fully saturated rings. The molecule has 2 aliphatic rings. The molecule has 8 nitrogen and oxygen atoms in total. The molecule has 1 N–H and O–H groups in total. The number of allylic oxidation sites excluding steroid dienone is 5. The minimum absolute atomic E-state index is 0.0492. The van der Waals surface area contributed by atoms with Gasteiger partial charge in [-0.15, -0.1) is 0 Å². The third kappa shape index (κ3) is 4.82. The first-order chi connectivity index (χ1) is 21.3. The van der Waals surface area contributed by atoms with Crippen LogP contribution in [0.4, 0.5) is 11.4 Å². The van der Waals surface area contributed by atoms with Gasteiger partial charge in [-0.3, -0.25) is 19.9 Å². The number of carbonyl (C=O) groups is 1. The highest BCUT2D eigenvalue weighted by atomic mass is 32.2. The molecular formula is C34H24N4O4S2. The Balaban J connectivity index is 1.30. The summed E-state index contributed by atoms with van der Waals surface area (Å²) in [7, 11) is 0. The quantitative estimate of drug-likeness (QED) is 0.0908. The summed E-state index contributed by atoms with van der Waals surface area (Å²) in [5.74, 6) is 0.291. The van der Waals surface area contributed by atoms with Gasteiger partial charge >= 0.3 is 0 Å². The van der Waals surface area contributed by atoms with E-state index in [-0.39, 0.29) is 23.1 Å². The zero-order chi connectivity index (χ0) is 30.5. The van der Waals surface area contributed by atoms with Crippen molar-refractivity contribution >= 4 is 74.7 Å². The van der Waals surface area contributed by atoms with E-state index < -0.39 is 4.92 Å². The predicted octanol–water partition coefficient (Wildman–Crippen LogP) is 8.69. The molecule has 0 radical (unpaired) electrons. The largest absolute Gasteiger partial charge is 0.507 e. The summed E-state index contributed by atoms with van der Waals surface area (Å²) in [4.78, 5) is 30.8. The zero-order valence-electron chi connectivity index (χ0n) is 23.6. The number of Topliss-reactive ketones (excluding diaryl/α,β-unsaturated/α-hetero) is 1. The second-order valence-corrected chi connectivity index (χ2v) is 12.5. The van der Waals surface area contributed by atoms with Crippen molar-refractivity contribution in [1.82, 2.24) is 8.75 Å². The minimum Gasteiger partial charge on any atom is -0.507 e. The van der Waals surface area contributed by atoms with E-state index in [1.165, 1.54) is 23.9 Å². The molecule has 0 bridgehead atoms. The van der Waals surface area contributed by atoms with E-state index in [1.54, 1.807) is 24.4 Å². The summed E-state index contributed by atoms with van der Waals surface area (Å²) in [5, 5.41) is 24.1. The maximum atomic E-state index is 13.3. The topological polar surface area (TPSA) is 119 Å². The number of rotatable bonds is 5. The normalized spacial score (nSPS) is 17.5. The van der Waals surface area contributed by atoms with Gasteiger partial charge in [0, 0.05) is 34.4 Å². The van der Waals surface area contributed by atoms with Gasteiger partial charge < -0.3 is 5.11 Å². The molecule has 7 rings (SSSR count). The number of fused-ring (bicyclic) bond motifs is 2. The van der Waals surface area contributed by atoms with Crippen molar-refractivity contribution in [3.05, 3.63) is 115 Å². The fourth-order valence-electron chi connectivity index (χ4n) is 5.64. The molecule has 4 aromatic carbocycles. The number of aryl methyl sites for hydroxylation is 1. The smallest absolute Gasteiger partial charge is 0.270 e. The van der Waals surface area contributed by atoms with Gasteiger partial charge in [0.15, 0.2) is 0 Å². The molecule has 0 amide bonds. The number of non-ortho nitro benzene ring substituents is 1. The standard InChI is InChI=1S/C34H24N4O4S2/c1-18-6-12-28-32(37-44-36-28)31(18)35-17-27-25-10-7-20(14-21(25)8-13-29(27)39)24-11-9-23(38(41)42)15-22(24)16-30-33(40)26-5-3-4-19(2)34(26)43-30/h3,5-17,19,39H,4H2,1-2H3/b30-16+,35-17?. The average Bonchev–Trinajstić information content (AvgIpc) is 3.62. The van der Waals surface area contributed by atoms with Crippen LogP contribution in [0.2, 0.25) is 0 Å². The van der Waals surface area contributed by atoms with E-state index >= 15 is 0 Å². The molecular weight excluding hydrogens is 593 g/mol. The number of phenols is 1. The van der Waals surface area contributed by atoms with E-state index in [1.807, 2.05) is 55.5 Å². The van der Waals surface area contributed by atoms with Crippen molar-refractivity contribution in [1.29, 1.82) is 0 Å². The molecule has 5 aromatic rings. The summed E-state index contributed by atoms with van der Waals surface area (Å²) >= 11 is 2.59. The highest BCUT2D eigenvalue weighted by Crippen LogP contribution is 2.47. The van der Waals surface area contributed by atoms with Gasteiger partial charge in [-0.05, 0) is 82.6 Å². The number of hydrogen-bond acceptors (Lipinski definition) is 9. The number of hydrogen-bond donors (Lipinski definition) is 1. The van der Waals surface area contributed by atoms with Crippen molar-refractivity contribution in [2.24, 2.45) is 10.9 Å². The molecule has 1 atom stereocenters. The van der Waals surface area contributed by atoms with Gasteiger partial charge in [0.25, 0.3) is 5.69 Å². The Kier molecular flexibility index (Phi) is 6.95. The van der Waals surface area contributed by atoms with Crippen LogP contribution in [-0.4, -0.2) is 30.8 Å². The van der Waals surface area contributed by atoms with Crippen molar-refractivity contribution in [3.63, 3.8) is 0 Å². The SMILES string of the molecule is Cc1ccc2nsnc2c1N=Cc1c(O)ccc2cc(-c3ccc([N+](=O)[O-])cc3/C=C3/SC4=C(C=CCC4C)C3=O)ccc12. The zero-order valence-corrected chi connectivity index (χ0v) is 25.3. The number of nitrogens with zero attached hydrogens (tertiary/aromatic N) is 4. The molecule has 1 aromatic heterocycles. The number of phenolic OH excluding ortho intramolecular Hbond substituents is 1. The van der Waals surface area contributed by atoms with E-state index in [0.717, 1.165) is 56.0 Å². The van der Waals surface area contributed by atoms with Crippen molar-refractivity contribution in [2.45, 2.75) is 20.3 Å².